The molecule has 1 aliphatic heterocycles. The first-order valence-corrected chi connectivity index (χ1v) is 10.9. The van der Waals surface area contributed by atoms with Gasteiger partial charge in [-0.05, 0) is 18.2 Å². The molecule has 0 spiro atoms. The molecule has 4 aromatic rings. The molecule has 1 aliphatic rings. The number of ether oxygens (including phenoxy) is 3. The number of halogens is 3. The van der Waals surface area contributed by atoms with E-state index in [1.54, 1.807) is 31.5 Å². The van der Waals surface area contributed by atoms with E-state index in [2.05, 4.69) is 10.1 Å². The van der Waals surface area contributed by atoms with Crippen molar-refractivity contribution in [1.82, 2.24) is 24.3 Å². The predicted octanol–water partition coefficient (Wildman–Crippen LogP) is 3.40. The van der Waals surface area contributed by atoms with Crippen LogP contribution >= 0.6 is 0 Å². The van der Waals surface area contributed by atoms with Crippen LogP contribution in [-0.4, -0.2) is 76.1 Å². The number of rotatable bonds is 7. The maximum absolute atomic E-state index is 12.9. The van der Waals surface area contributed by atoms with Gasteiger partial charge in [0.2, 0.25) is 5.88 Å². The molecule has 190 valence electrons. The Bertz CT molecular complexity index is 1410. The highest BCUT2D eigenvalue weighted by Crippen LogP contribution is 2.42. The molecule has 0 aromatic carbocycles. The molecule has 0 radical (unpaired) electrons. The van der Waals surface area contributed by atoms with Gasteiger partial charge in [0.25, 0.3) is 5.88 Å². The normalized spacial score (nSPS) is 14.3. The van der Waals surface area contributed by atoms with Crippen molar-refractivity contribution in [1.29, 1.82) is 0 Å². The maximum Gasteiger partial charge on any atom is 0.408 e. The van der Waals surface area contributed by atoms with Gasteiger partial charge in [-0.1, -0.05) is 0 Å². The largest absolute Gasteiger partial charge is 0.494 e. The summed E-state index contributed by atoms with van der Waals surface area (Å²) in [5, 5.41) is 15.4. The predicted molar refractivity (Wildman–Crippen MR) is 124 cm³/mol. The summed E-state index contributed by atoms with van der Waals surface area (Å²) in [6.07, 6.45) is -0.333. The molecule has 1 fully saturated rings. The van der Waals surface area contributed by atoms with Crippen LogP contribution in [0.2, 0.25) is 0 Å². The zero-order valence-corrected chi connectivity index (χ0v) is 19.7. The van der Waals surface area contributed by atoms with Crippen molar-refractivity contribution in [2.24, 2.45) is 0 Å². The van der Waals surface area contributed by atoms with Crippen LogP contribution in [0.3, 0.4) is 0 Å². The van der Waals surface area contributed by atoms with Gasteiger partial charge in [0.15, 0.2) is 5.75 Å². The molecule has 1 N–H and O–H groups in total. The Morgan fingerprint density at radius 3 is 2.56 bits per heavy atom. The van der Waals surface area contributed by atoms with Crippen molar-refractivity contribution in [2.75, 3.05) is 39.3 Å². The van der Waals surface area contributed by atoms with Crippen LogP contribution in [0.4, 0.5) is 19.0 Å². The molecule has 0 atom stereocenters. The van der Waals surface area contributed by atoms with E-state index < -0.39 is 12.7 Å². The van der Waals surface area contributed by atoms with E-state index in [4.69, 9.17) is 19.2 Å². The number of aromatic hydroxyl groups is 1. The molecule has 0 unspecified atom stereocenters. The van der Waals surface area contributed by atoms with Gasteiger partial charge in [-0.2, -0.15) is 18.3 Å². The Morgan fingerprint density at radius 2 is 1.89 bits per heavy atom. The van der Waals surface area contributed by atoms with Crippen LogP contribution in [0.1, 0.15) is 0 Å². The molecule has 0 amide bonds. The number of hydrogen-bond donors (Lipinski definition) is 1. The minimum Gasteiger partial charge on any atom is -0.494 e. The fraction of sp³-hybridized carbons (Fsp3) is 0.348. The van der Waals surface area contributed by atoms with E-state index >= 15 is 0 Å². The molecule has 1 saturated heterocycles. The van der Waals surface area contributed by atoms with Gasteiger partial charge in [-0.3, -0.25) is 9.25 Å². The van der Waals surface area contributed by atoms with E-state index in [0.29, 0.717) is 52.7 Å². The zero-order chi connectivity index (χ0) is 25.6. The van der Waals surface area contributed by atoms with Gasteiger partial charge in [-0.25, -0.2) is 9.97 Å². The quantitative estimate of drug-likeness (QED) is 0.409. The topological polar surface area (TPSA) is 99.7 Å². The second kappa shape index (κ2) is 8.90. The first-order valence-electron chi connectivity index (χ1n) is 10.9. The Labute approximate surface area is 203 Å². The first-order chi connectivity index (χ1) is 17.2. The summed E-state index contributed by atoms with van der Waals surface area (Å²) >= 11 is 0. The molecule has 4 aromatic heterocycles. The summed E-state index contributed by atoms with van der Waals surface area (Å²) in [6.45, 7) is -0.195. The summed E-state index contributed by atoms with van der Waals surface area (Å²) < 4.78 is 56.8. The second-order valence-electron chi connectivity index (χ2n) is 8.28. The zero-order valence-electron chi connectivity index (χ0n) is 19.7. The Kier molecular flexibility index (Phi) is 5.86. The van der Waals surface area contributed by atoms with Crippen LogP contribution in [0, 0.1) is 0 Å². The number of hydrogen-bond acceptors (Lipinski definition) is 8. The van der Waals surface area contributed by atoms with Gasteiger partial charge in [0, 0.05) is 38.2 Å². The van der Waals surface area contributed by atoms with E-state index in [9.17, 15) is 18.3 Å². The number of fused-ring (bicyclic) bond motifs is 1. The Hall–Kier alpha value is -4.00. The van der Waals surface area contributed by atoms with Gasteiger partial charge in [-0.15, -0.1) is 0 Å². The molecular weight excluding hydrogens is 481 g/mol. The monoisotopic (exact) mass is 504 g/mol. The van der Waals surface area contributed by atoms with Crippen molar-refractivity contribution >= 4 is 16.7 Å². The van der Waals surface area contributed by atoms with Crippen molar-refractivity contribution < 1.29 is 32.5 Å². The van der Waals surface area contributed by atoms with E-state index in [1.807, 2.05) is 4.90 Å². The molecule has 13 heteroatoms. The van der Waals surface area contributed by atoms with Gasteiger partial charge >= 0.3 is 6.18 Å². The molecule has 5 heterocycles. The number of alkyl halides is 3. The fourth-order valence-corrected chi connectivity index (χ4v) is 4.20. The molecule has 0 aliphatic carbocycles. The average molecular weight is 504 g/mol. The average Bonchev–Trinajstić information content (AvgIpc) is 3.38. The fourth-order valence-electron chi connectivity index (χ4n) is 4.20. The van der Waals surface area contributed by atoms with Crippen LogP contribution in [0.25, 0.3) is 27.8 Å². The minimum atomic E-state index is -4.43. The number of pyridine rings is 2. The summed E-state index contributed by atoms with van der Waals surface area (Å²) in [6, 6.07) is 5.17. The molecule has 10 nitrogen and oxygen atoms in total. The highest BCUT2D eigenvalue weighted by Gasteiger charge is 2.34. The van der Waals surface area contributed by atoms with Gasteiger partial charge in [0.1, 0.15) is 17.9 Å². The SMILES string of the molecule is COc1cc(-c2ccc3c(O)n(-c4cnn(CC(F)(F)F)c4)c(N4CC(OC)C4)c3n2)cnc1OC. The lowest BCUT2D eigenvalue weighted by molar-refractivity contribution is -0.142. The molecule has 0 saturated carbocycles. The third-order valence-corrected chi connectivity index (χ3v) is 6.00. The molecule has 0 bridgehead atoms. The summed E-state index contributed by atoms with van der Waals surface area (Å²) in [4.78, 5) is 11.0. The third kappa shape index (κ3) is 4.15. The van der Waals surface area contributed by atoms with Crippen molar-refractivity contribution in [3.63, 3.8) is 0 Å². The Morgan fingerprint density at radius 1 is 1.11 bits per heavy atom. The summed E-state index contributed by atoms with van der Waals surface area (Å²) in [5.41, 5.74) is 1.97. The lowest BCUT2D eigenvalue weighted by Crippen LogP contribution is -2.52. The highest BCUT2D eigenvalue weighted by molar-refractivity contribution is 5.98. The Balaban J connectivity index is 1.64. The standard InChI is InChI=1S/C23H23F3N6O4/c1-34-15-10-30(11-15)21-19-16(22(33)32(21)14-8-28-31(9-14)12-23(24,25)26)4-5-17(29-19)13-6-18(35-2)20(36-3)27-7-13/h4-9,15,33H,10-12H2,1-3H3. The van der Waals surface area contributed by atoms with E-state index in [1.165, 1.54) is 31.2 Å². The van der Waals surface area contributed by atoms with Crippen molar-refractivity contribution in [2.45, 2.75) is 18.8 Å². The maximum atomic E-state index is 12.9. The highest BCUT2D eigenvalue weighted by atomic mass is 19.4. The van der Waals surface area contributed by atoms with Crippen LogP contribution in [0.5, 0.6) is 17.5 Å². The second-order valence-corrected chi connectivity index (χ2v) is 8.28. The number of anilines is 1. The van der Waals surface area contributed by atoms with Crippen LogP contribution in [-0.2, 0) is 11.3 Å². The van der Waals surface area contributed by atoms with Crippen molar-refractivity contribution in [3.05, 3.63) is 36.8 Å². The van der Waals surface area contributed by atoms with Gasteiger partial charge < -0.3 is 24.2 Å². The number of nitrogens with zero attached hydrogens (tertiary/aromatic N) is 6. The van der Waals surface area contributed by atoms with Gasteiger partial charge in [0.05, 0.1) is 43.3 Å². The lowest BCUT2D eigenvalue weighted by atomic mass is 10.1. The van der Waals surface area contributed by atoms with E-state index in [0.717, 1.165) is 4.68 Å². The minimum absolute atomic E-state index is 0.0169. The first kappa shape index (κ1) is 23.7. The lowest BCUT2D eigenvalue weighted by Gasteiger charge is -2.40. The van der Waals surface area contributed by atoms with E-state index in [-0.39, 0.29) is 17.7 Å². The smallest absolute Gasteiger partial charge is 0.408 e. The molecular formula is C23H23F3N6O4. The molecule has 5 rings (SSSR count). The van der Waals surface area contributed by atoms with Crippen LogP contribution in [0.15, 0.2) is 36.8 Å². The van der Waals surface area contributed by atoms with Crippen molar-refractivity contribution in [3.8, 4) is 34.5 Å². The summed E-state index contributed by atoms with van der Waals surface area (Å²) in [5.74, 6) is 1.13. The number of methoxy groups -OCH3 is 3. The summed E-state index contributed by atoms with van der Waals surface area (Å²) in [7, 11) is 4.60. The number of aromatic nitrogens is 5. The van der Waals surface area contributed by atoms with Crippen LogP contribution < -0.4 is 14.4 Å². The third-order valence-electron chi connectivity index (χ3n) is 6.00. The molecule has 36 heavy (non-hydrogen) atoms.